The van der Waals surface area contributed by atoms with Crippen LogP contribution in [-0.2, 0) is 9.53 Å². The third-order valence-electron chi connectivity index (χ3n) is 3.42. The van der Waals surface area contributed by atoms with Crippen molar-refractivity contribution in [2.45, 2.75) is 47.5 Å². The molecule has 1 aliphatic carbocycles. The van der Waals surface area contributed by atoms with E-state index in [1.165, 1.54) is 5.57 Å². The smallest absolute Gasteiger partial charge is 0.310 e. The first-order chi connectivity index (χ1) is 7.41. The maximum atomic E-state index is 11.8. The van der Waals surface area contributed by atoms with E-state index in [1.807, 2.05) is 0 Å². The topological polar surface area (TPSA) is 26.3 Å². The second-order valence-corrected chi connectivity index (χ2v) is 5.59. The lowest BCUT2D eigenvalue weighted by Gasteiger charge is -2.04. The first-order valence-corrected chi connectivity index (χ1v) is 6.23. The van der Waals surface area contributed by atoms with E-state index >= 15 is 0 Å². The minimum Gasteiger partial charge on any atom is -0.465 e. The van der Waals surface area contributed by atoms with Gasteiger partial charge in [-0.3, -0.25) is 4.79 Å². The Hall–Kier alpha value is -0.790. The fourth-order valence-corrected chi connectivity index (χ4v) is 2.20. The van der Waals surface area contributed by atoms with Crippen LogP contribution in [0.5, 0.6) is 0 Å². The molecule has 0 saturated heterocycles. The molecule has 1 rings (SSSR count). The zero-order valence-corrected chi connectivity index (χ0v) is 11.2. The molecule has 0 aliphatic heterocycles. The van der Waals surface area contributed by atoms with Crippen LogP contribution in [0.2, 0.25) is 0 Å². The highest BCUT2D eigenvalue weighted by molar-refractivity contribution is 5.78. The first kappa shape index (κ1) is 13.3. The summed E-state index contributed by atoms with van der Waals surface area (Å²) in [5.74, 6) is 0.423. The van der Waals surface area contributed by atoms with Gasteiger partial charge in [0.2, 0.25) is 0 Å². The van der Waals surface area contributed by atoms with Gasteiger partial charge in [0, 0.05) is 0 Å². The van der Waals surface area contributed by atoms with E-state index in [-0.39, 0.29) is 17.3 Å². The van der Waals surface area contributed by atoms with Gasteiger partial charge in [-0.1, -0.05) is 38.8 Å². The molecule has 1 aliphatic rings. The largest absolute Gasteiger partial charge is 0.465 e. The minimum absolute atomic E-state index is 0.0130. The Kier molecular flexibility index (Phi) is 4.17. The Labute approximate surface area is 99.1 Å². The molecule has 2 atom stereocenters. The van der Waals surface area contributed by atoms with Gasteiger partial charge < -0.3 is 4.74 Å². The predicted molar refractivity (Wildman–Crippen MR) is 66.1 cm³/mol. The predicted octanol–water partition coefficient (Wildman–Crippen LogP) is 3.57. The van der Waals surface area contributed by atoms with Gasteiger partial charge in [0.1, 0.15) is 0 Å². The van der Waals surface area contributed by atoms with Crippen LogP contribution < -0.4 is 0 Å². The van der Waals surface area contributed by atoms with Crippen molar-refractivity contribution in [1.29, 1.82) is 0 Å². The Morgan fingerprint density at radius 2 is 2.00 bits per heavy atom. The van der Waals surface area contributed by atoms with E-state index in [2.05, 4.69) is 40.7 Å². The number of unbranched alkanes of at least 4 members (excludes halogenated alkanes) is 1. The molecule has 0 spiro atoms. The number of hydrogen-bond acceptors (Lipinski definition) is 2. The van der Waals surface area contributed by atoms with Gasteiger partial charge in [-0.2, -0.15) is 0 Å². The fourth-order valence-electron chi connectivity index (χ4n) is 2.20. The van der Waals surface area contributed by atoms with Crippen LogP contribution in [0.1, 0.15) is 47.5 Å². The molecule has 1 saturated carbocycles. The normalized spacial score (nSPS) is 26.1. The zero-order chi connectivity index (χ0) is 12.3. The van der Waals surface area contributed by atoms with Gasteiger partial charge in [-0.25, -0.2) is 0 Å². The van der Waals surface area contributed by atoms with Crippen LogP contribution in [0.15, 0.2) is 11.6 Å². The molecule has 2 heteroatoms. The Balaban J connectivity index is 2.49. The summed E-state index contributed by atoms with van der Waals surface area (Å²) >= 11 is 0. The van der Waals surface area contributed by atoms with Crippen LogP contribution >= 0.6 is 0 Å². The highest BCUT2D eigenvalue weighted by Gasteiger charge is 2.61. The molecule has 0 aromatic carbocycles. The van der Waals surface area contributed by atoms with Gasteiger partial charge >= 0.3 is 5.97 Å². The first-order valence-electron chi connectivity index (χ1n) is 6.23. The second kappa shape index (κ2) is 5.03. The average Bonchev–Trinajstić information content (AvgIpc) is 2.67. The maximum Gasteiger partial charge on any atom is 0.310 e. The quantitative estimate of drug-likeness (QED) is 0.405. The van der Waals surface area contributed by atoms with Gasteiger partial charge in [0.25, 0.3) is 0 Å². The molecule has 0 aromatic rings. The highest BCUT2D eigenvalue weighted by atomic mass is 16.5. The van der Waals surface area contributed by atoms with Crippen LogP contribution in [0.3, 0.4) is 0 Å². The summed E-state index contributed by atoms with van der Waals surface area (Å²) in [7, 11) is 0. The van der Waals surface area contributed by atoms with E-state index < -0.39 is 0 Å². The molecule has 0 bridgehead atoms. The van der Waals surface area contributed by atoms with Crippen molar-refractivity contribution >= 4 is 5.97 Å². The van der Waals surface area contributed by atoms with E-state index in [4.69, 9.17) is 4.74 Å². The van der Waals surface area contributed by atoms with E-state index in [9.17, 15) is 4.79 Å². The Bertz CT molecular complexity index is 285. The summed E-state index contributed by atoms with van der Waals surface area (Å²) in [4.78, 5) is 11.8. The molecule has 92 valence electrons. The summed E-state index contributed by atoms with van der Waals surface area (Å²) < 4.78 is 5.29. The van der Waals surface area contributed by atoms with Crippen molar-refractivity contribution < 1.29 is 9.53 Å². The number of esters is 1. The molecule has 0 N–H and O–H groups in total. The number of allylic oxidation sites excluding steroid dienone is 2. The number of ether oxygens (including phenoxy) is 1. The summed E-state index contributed by atoms with van der Waals surface area (Å²) in [6.07, 6.45) is 4.23. The van der Waals surface area contributed by atoms with Crippen molar-refractivity contribution in [3.63, 3.8) is 0 Å². The van der Waals surface area contributed by atoms with Crippen LogP contribution in [0, 0.1) is 17.3 Å². The Morgan fingerprint density at radius 3 is 2.50 bits per heavy atom. The van der Waals surface area contributed by atoms with Gasteiger partial charge in [-0.15, -0.1) is 0 Å². The molecular weight excluding hydrogens is 200 g/mol. The van der Waals surface area contributed by atoms with Crippen molar-refractivity contribution in [2.24, 2.45) is 17.3 Å². The lowest BCUT2D eigenvalue weighted by Crippen LogP contribution is -2.11. The highest BCUT2D eigenvalue weighted by Crippen LogP contribution is 2.59. The SMILES string of the molecule is CCCCOC(=O)[C@@H]1[C@@H](C=C(C)C)C1(C)C. The van der Waals surface area contributed by atoms with Crippen LogP contribution in [0.4, 0.5) is 0 Å². The number of hydrogen-bond donors (Lipinski definition) is 0. The molecule has 2 nitrogen and oxygen atoms in total. The van der Waals surface area contributed by atoms with Gasteiger partial charge in [0.15, 0.2) is 0 Å². The fraction of sp³-hybridized carbons (Fsp3) is 0.786. The summed E-state index contributed by atoms with van der Waals surface area (Å²) in [5.41, 5.74) is 1.36. The molecule has 0 heterocycles. The molecular formula is C14H24O2. The molecule has 16 heavy (non-hydrogen) atoms. The zero-order valence-electron chi connectivity index (χ0n) is 11.2. The van der Waals surface area contributed by atoms with Gasteiger partial charge in [0.05, 0.1) is 12.5 Å². The summed E-state index contributed by atoms with van der Waals surface area (Å²) in [6.45, 7) is 11.1. The summed E-state index contributed by atoms with van der Waals surface area (Å²) in [5, 5.41) is 0. The van der Waals surface area contributed by atoms with Crippen molar-refractivity contribution in [1.82, 2.24) is 0 Å². The molecule has 0 radical (unpaired) electrons. The van der Waals surface area contributed by atoms with E-state index in [0.717, 1.165) is 12.8 Å². The van der Waals surface area contributed by atoms with Crippen molar-refractivity contribution in [3.8, 4) is 0 Å². The lowest BCUT2D eigenvalue weighted by atomic mass is 10.1. The molecule has 0 unspecified atom stereocenters. The van der Waals surface area contributed by atoms with E-state index in [0.29, 0.717) is 12.5 Å². The monoisotopic (exact) mass is 224 g/mol. The van der Waals surface area contributed by atoms with E-state index in [1.54, 1.807) is 0 Å². The van der Waals surface area contributed by atoms with Crippen molar-refractivity contribution in [3.05, 3.63) is 11.6 Å². The second-order valence-electron chi connectivity index (χ2n) is 5.59. The van der Waals surface area contributed by atoms with Gasteiger partial charge in [-0.05, 0) is 31.6 Å². The minimum atomic E-state index is -0.0130. The number of carbonyl (C=O) groups excluding carboxylic acids is 1. The lowest BCUT2D eigenvalue weighted by molar-refractivity contribution is -0.146. The molecule has 1 fully saturated rings. The van der Waals surface area contributed by atoms with Crippen molar-refractivity contribution in [2.75, 3.05) is 6.61 Å². The standard InChI is InChI=1S/C14H24O2/c1-6-7-8-16-13(15)12-11(9-10(2)3)14(12,4)5/h9,11-12H,6-8H2,1-5H3/t11-,12+/m1/s1. The third-order valence-corrected chi connectivity index (χ3v) is 3.42. The van der Waals surface area contributed by atoms with Crippen LogP contribution in [-0.4, -0.2) is 12.6 Å². The summed E-state index contributed by atoms with van der Waals surface area (Å²) in [6, 6.07) is 0. The number of rotatable bonds is 5. The Morgan fingerprint density at radius 1 is 1.38 bits per heavy atom. The molecule has 0 aromatic heterocycles. The molecule has 0 amide bonds. The maximum absolute atomic E-state index is 11.8. The van der Waals surface area contributed by atoms with Crippen LogP contribution in [0.25, 0.3) is 0 Å². The third kappa shape index (κ3) is 2.87. The average molecular weight is 224 g/mol. The number of carbonyl (C=O) groups is 1.